The Hall–Kier alpha value is -0.930. The highest BCUT2D eigenvalue weighted by Gasteiger charge is 2.18. The minimum absolute atomic E-state index is 0.789. The molecule has 1 fully saturated rings. The lowest BCUT2D eigenvalue weighted by atomic mass is 10.1. The average molecular weight is 276 g/mol. The molecule has 104 valence electrons. The van der Waals surface area contributed by atoms with Crippen LogP contribution in [0.15, 0.2) is 30.4 Å². The van der Waals surface area contributed by atoms with Gasteiger partial charge in [0.25, 0.3) is 0 Å². The summed E-state index contributed by atoms with van der Waals surface area (Å²) in [5.41, 5.74) is 5.40. The molecule has 0 aromatic heterocycles. The number of benzene rings is 1. The first-order chi connectivity index (χ1) is 9.11. The van der Waals surface area contributed by atoms with Crippen LogP contribution in [0, 0.1) is 13.8 Å². The van der Waals surface area contributed by atoms with Gasteiger partial charge in [-0.25, -0.2) is 0 Å². The fourth-order valence-electron chi connectivity index (χ4n) is 2.59. The number of hydrogen-bond acceptors (Lipinski definition) is 3. The maximum atomic E-state index is 4.28. The number of rotatable bonds is 4. The maximum Gasteiger partial charge on any atom is 0.0399 e. The molecule has 1 heterocycles. The summed E-state index contributed by atoms with van der Waals surface area (Å²) in [4.78, 5) is 4.97. The van der Waals surface area contributed by atoms with Crippen LogP contribution >= 0.6 is 12.6 Å². The summed E-state index contributed by atoms with van der Waals surface area (Å²) in [5, 5.41) is 0. The molecule has 0 atom stereocenters. The van der Waals surface area contributed by atoms with Gasteiger partial charge in [0.2, 0.25) is 0 Å². The summed E-state index contributed by atoms with van der Waals surface area (Å²) in [6, 6.07) is 6.59. The van der Waals surface area contributed by atoms with Gasteiger partial charge in [0.05, 0.1) is 0 Å². The van der Waals surface area contributed by atoms with Crippen molar-refractivity contribution >= 4 is 18.3 Å². The molecule has 2 rings (SSSR count). The first kappa shape index (κ1) is 14.5. The third-order valence-electron chi connectivity index (χ3n) is 3.96. The van der Waals surface area contributed by atoms with Gasteiger partial charge in [-0.2, -0.15) is 12.6 Å². The van der Waals surface area contributed by atoms with Gasteiger partial charge in [0.1, 0.15) is 0 Å². The summed E-state index contributed by atoms with van der Waals surface area (Å²) in [5.74, 6) is 0.789. The second-order valence-corrected chi connectivity index (χ2v) is 5.71. The molecule has 1 aromatic carbocycles. The van der Waals surface area contributed by atoms with E-state index in [9.17, 15) is 0 Å². The molecule has 0 aliphatic carbocycles. The van der Waals surface area contributed by atoms with Crippen molar-refractivity contribution in [3.63, 3.8) is 0 Å². The summed E-state index contributed by atoms with van der Waals surface area (Å²) in [6.45, 7) is 13.9. The van der Waals surface area contributed by atoms with Gasteiger partial charge in [-0.05, 0) is 31.0 Å². The Morgan fingerprint density at radius 3 is 2.53 bits per heavy atom. The highest BCUT2D eigenvalue weighted by atomic mass is 32.1. The van der Waals surface area contributed by atoms with Gasteiger partial charge in [-0.1, -0.05) is 24.3 Å². The molecule has 0 bridgehead atoms. The first-order valence-electron chi connectivity index (χ1n) is 6.93. The van der Waals surface area contributed by atoms with Gasteiger partial charge in [-0.15, -0.1) is 0 Å². The van der Waals surface area contributed by atoms with Crippen molar-refractivity contribution in [1.82, 2.24) is 4.90 Å². The zero-order valence-electron chi connectivity index (χ0n) is 12.0. The predicted octanol–water partition coefficient (Wildman–Crippen LogP) is 2.91. The van der Waals surface area contributed by atoms with Crippen molar-refractivity contribution in [1.29, 1.82) is 0 Å². The Kier molecular flexibility index (Phi) is 4.94. The van der Waals surface area contributed by atoms with Gasteiger partial charge in [0, 0.05) is 44.2 Å². The minimum Gasteiger partial charge on any atom is -0.369 e. The second kappa shape index (κ2) is 6.49. The molecule has 19 heavy (non-hydrogen) atoms. The van der Waals surface area contributed by atoms with Crippen LogP contribution in [0.2, 0.25) is 0 Å². The quantitative estimate of drug-likeness (QED) is 0.667. The summed E-state index contributed by atoms with van der Waals surface area (Å²) in [7, 11) is 0. The largest absolute Gasteiger partial charge is 0.369 e. The number of nitrogens with zero attached hydrogens (tertiary/aromatic N) is 2. The molecular weight excluding hydrogens is 252 g/mol. The Labute approximate surface area is 122 Å². The standard InChI is InChI=1S/C16H24N2S/c1-13(12-19)11-17-7-9-18(10-8-17)16-6-4-5-14(2)15(16)3/h4-6,19H,1,7-12H2,2-3H3. The molecule has 2 nitrogen and oxygen atoms in total. The lowest BCUT2D eigenvalue weighted by Gasteiger charge is -2.37. The lowest BCUT2D eigenvalue weighted by Crippen LogP contribution is -2.47. The van der Waals surface area contributed by atoms with Crippen molar-refractivity contribution in [2.24, 2.45) is 0 Å². The minimum atomic E-state index is 0.789. The fraction of sp³-hybridized carbons (Fsp3) is 0.500. The Morgan fingerprint density at radius 1 is 1.21 bits per heavy atom. The van der Waals surface area contributed by atoms with Gasteiger partial charge in [0.15, 0.2) is 0 Å². The van der Waals surface area contributed by atoms with Crippen LogP contribution in [0.1, 0.15) is 11.1 Å². The van der Waals surface area contributed by atoms with E-state index >= 15 is 0 Å². The van der Waals surface area contributed by atoms with Crippen LogP contribution in [-0.4, -0.2) is 43.4 Å². The van der Waals surface area contributed by atoms with E-state index in [1.165, 1.54) is 22.4 Å². The van der Waals surface area contributed by atoms with Crippen molar-refractivity contribution in [2.45, 2.75) is 13.8 Å². The second-order valence-electron chi connectivity index (χ2n) is 5.39. The molecule has 1 aromatic rings. The third kappa shape index (κ3) is 3.54. The molecule has 3 heteroatoms. The maximum absolute atomic E-state index is 4.28. The van der Waals surface area contributed by atoms with E-state index in [2.05, 4.69) is 61.1 Å². The van der Waals surface area contributed by atoms with Crippen molar-refractivity contribution < 1.29 is 0 Å². The summed E-state index contributed by atoms with van der Waals surface area (Å²) >= 11 is 4.28. The fourth-order valence-corrected chi connectivity index (χ4v) is 2.69. The molecular formula is C16H24N2S. The average Bonchev–Trinajstić information content (AvgIpc) is 2.43. The van der Waals surface area contributed by atoms with E-state index in [4.69, 9.17) is 0 Å². The van der Waals surface area contributed by atoms with E-state index in [1.807, 2.05) is 0 Å². The number of aryl methyl sites for hydroxylation is 1. The smallest absolute Gasteiger partial charge is 0.0399 e. The molecule has 1 saturated heterocycles. The van der Waals surface area contributed by atoms with E-state index in [0.29, 0.717) is 0 Å². The van der Waals surface area contributed by atoms with Crippen molar-refractivity contribution in [3.8, 4) is 0 Å². The molecule has 0 amide bonds. The van der Waals surface area contributed by atoms with Crippen LogP contribution in [0.3, 0.4) is 0 Å². The van der Waals surface area contributed by atoms with Crippen LogP contribution in [0.5, 0.6) is 0 Å². The predicted molar refractivity (Wildman–Crippen MR) is 87.6 cm³/mol. The first-order valence-corrected chi connectivity index (χ1v) is 7.56. The monoisotopic (exact) mass is 276 g/mol. The molecule has 1 aliphatic rings. The number of thiol groups is 1. The van der Waals surface area contributed by atoms with Crippen LogP contribution < -0.4 is 4.90 Å². The lowest BCUT2D eigenvalue weighted by molar-refractivity contribution is 0.279. The van der Waals surface area contributed by atoms with Gasteiger partial charge < -0.3 is 4.90 Å². The van der Waals surface area contributed by atoms with Crippen molar-refractivity contribution in [3.05, 3.63) is 41.5 Å². The van der Waals surface area contributed by atoms with E-state index in [0.717, 1.165) is 38.5 Å². The van der Waals surface area contributed by atoms with E-state index < -0.39 is 0 Å². The molecule has 0 saturated carbocycles. The highest BCUT2D eigenvalue weighted by Crippen LogP contribution is 2.23. The van der Waals surface area contributed by atoms with E-state index in [-0.39, 0.29) is 0 Å². The van der Waals surface area contributed by atoms with E-state index in [1.54, 1.807) is 0 Å². The Bertz CT molecular complexity index is 448. The van der Waals surface area contributed by atoms with Crippen molar-refractivity contribution in [2.75, 3.05) is 43.4 Å². The number of piperazine rings is 1. The Balaban J connectivity index is 1.96. The van der Waals surface area contributed by atoms with Gasteiger partial charge in [-0.3, -0.25) is 4.90 Å². The topological polar surface area (TPSA) is 6.48 Å². The molecule has 0 radical (unpaired) electrons. The Morgan fingerprint density at radius 2 is 1.89 bits per heavy atom. The van der Waals surface area contributed by atoms with Gasteiger partial charge >= 0.3 is 0 Å². The molecule has 0 unspecified atom stereocenters. The van der Waals surface area contributed by atoms with Crippen LogP contribution in [0.4, 0.5) is 5.69 Å². The highest BCUT2D eigenvalue weighted by molar-refractivity contribution is 7.80. The molecule has 0 spiro atoms. The number of hydrogen-bond donors (Lipinski definition) is 1. The summed E-state index contributed by atoms with van der Waals surface area (Å²) < 4.78 is 0. The zero-order chi connectivity index (χ0) is 13.8. The number of anilines is 1. The third-order valence-corrected chi connectivity index (χ3v) is 4.41. The zero-order valence-corrected chi connectivity index (χ0v) is 12.9. The van der Waals surface area contributed by atoms with Crippen LogP contribution in [-0.2, 0) is 0 Å². The van der Waals surface area contributed by atoms with Crippen LogP contribution in [0.25, 0.3) is 0 Å². The molecule has 1 aliphatic heterocycles. The summed E-state index contributed by atoms with van der Waals surface area (Å²) in [6.07, 6.45) is 0. The molecule has 0 N–H and O–H groups in total. The SMILES string of the molecule is C=C(CS)CN1CCN(c2cccc(C)c2C)CC1. The normalized spacial score (nSPS) is 16.7.